The summed E-state index contributed by atoms with van der Waals surface area (Å²) in [6, 6.07) is 7.43. The lowest BCUT2D eigenvalue weighted by Gasteiger charge is -2.20. The van der Waals surface area contributed by atoms with Gasteiger partial charge in [-0.25, -0.2) is 0 Å². The lowest BCUT2D eigenvalue weighted by molar-refractivity contribution is -0.128. The molecule has 1 aliphatic heterocycles. The molecule has 1 aromatic rings. The molecule has 108 valence electrons. The van der Waals surface area contributed by atoms with Crippen molar-refractivity contribution in [3.05, 3.63) is 34.9 Å². The smallest absolute Gasteiger partial charge is 0.225 e. The van der Waals surface area contributed by atoms with E-state index in [1.54, 1.807) is 11.9 Å². The van der Waals surface area contributed by atoms with E-state index in [4.69, 9.17) is 11.6 Å². The molecule has 0 aliphatic carbocycles. The van der Waals surface area contributed by atoms with Crippen LogP contribution in [0.1, 0.15) is 31.4 Å². The maximum absolute atomic E-state index is 12.2. The van der Waals surface area contributed by atoms with Crippen LogP contribution in [0.25, 0.3) is 0 Å². The molecular formula is C15H19ClN2O2. The van der Waals surface area contributed by atoms with Crippen LogP contribution in [0, 0.1) is 5.92 Å². The van der Waals surface area contributed by atoms with Gasteiger partial charge < -0.3 is 10.2 Å². The Morgan fingerprint density at radius 1 is 1.45 bits per heavy atom. The Morgan fingerprint density at radius 3 is 2.60 bits per heavy atom. The highest BCUT2D eigenvalue weighted by Gasteiger charge is 2.32. The van der Waals surface area contributed by atoms with Crippen molar-refractivity contribution in [2.45, 2.75) is 25.8 Å². The highest BCUT2D eigenvalue weighted by Crippen LogP contribution is 2.22. The minimum Gasteiger partial charge on any atom is -0.349 e. The summed E-state index contributed by atoms with van der Waals surface area (Å²) in [5.74, 6) is -0.261. The first-order chi connectivity index (χ1) is 9.51. The fraction of sp³-hybridized carbons (Fsp3) is 0.467. The second-order valence-corrected chi connectivity index (χ2v) is 5.63. The average Bonchev–Trinajstić information content (AvgIpc) is 2.77. The number of nitrogens with zero attached hydrogens (tertiary/aromatic N) is 1. The molecule has 0 spiro atoms. The molecule has 2 amide bonds. The fourth-order valence-corrected chi connectivity index (χ4v) is 2.57. The molecule has 4 nitrogen and oxygen atoms in total. The van der Waals surface area contributed by atoms with E-state index < -0.39 is 0 Å². The van der Waals surface area contributed by atoms with Gasteiger partial charge in [-0.2, -0.15) is 0 Å². The molecule has 1 saturated heterocycles. The number of amides is 2. The molecular weight excluding hydrogens is 276 g/mol. The number of rotatable bonds is 4. The van der Waals surface area contributed by atoms with Crippen molar-refractivity contribution >= 4 is 23.4 Å². The SMILES string of the molecule is CCC(NC(=O)C1CC(=O)N(C)C1)c1ccc(Cl)cc1. The van der Waals surface area contributed by atoms with Crippen molar-refractivity contribution in [3.63, 3.8) is 0 Å². The van der Waals surface area contributed by atoms with Crippen LogP contribution < -0.4 is 5.32 Å². The number of hydrogen-bond donors (Lipinski definition) is 1. The van der Waals surface area contributed by atoms with Gasteiger partial charge in [0.15, 0.2) is 0 Å². The highest BCUT2D eigenvalue weighted by atomic mass is 35.5. The van der Waals surface area contributed by atoms with Gasteiger partial charge in [-0.3, -0.25) is 9.59 Å². The maximum Gasteiger partial charge on any atom is 0.225 e. The van der Waals surface area contributed by atoms with Gasteiger partial charge in [0.2, 0.25) is 11.8 Å². The Bertz CT molecular complexity index is 501. The second-order valence-electron chi connectivity index (χ2n) is 5.20. The maximum atomic E-state index is 12.2. The van der Waals surface area contributed by atoms with Gasteiger partial charge in [0.1, 0.15) is 0 Å². The molecule has 2 atom stereocenters. The third-order valence-corrected chi connectivity index (χ3v) is 3.96. The first-order valence-electron chi connectivity index (χ1n) is 6.81. The Balaban J connectivity index is 2.01. The van der Waals surface area contributed by atoms with E-state index in [9.17, 15) is 9.59 Å². The van der Waals surface area contributed by atoms with Crippen LogP contribution in [0.4, 0.5) is 0 Å². The Hall–Kier alpha value is -1.55. The van der Waals surface area contributed by atoms with E-state index in [0.29, 0.717) is 18.0 Å². The summed E-state index contributed by atoms with van der Waals surface area (Å²) < 4.78 is 0. The lowest BCUT2D eigenvalue weighted by atomic mass is 10.0. The van der Waals surface area contributed by atoms with E-state index in [1.165, 1.54) is 0 Å². The zero-order valence-corrected chi connectivity index (χ0v) is 12.5. The van der Waals surface area contributed by atoms with Crippen LogP contribution in [0.3, 0.4) is 0 Å². The standard InChI is InChI=1S/C15H19ClN2O2/c1-3-13(10-4-6-12(16)7-5-10)17-15(20)11-8-14(19)18(2)9-11/h4-7,11,13H,3,8-9H2,1-2H3,(H,17,20). The molecule has 0 radical (unpaired) electrons. The molecule has 5 heteroatoms. The molecule has 2 unspecified atom stereocenters. The third kappa shape index (κ3) is 3.31. The van der Waals surface area contributed by atoms with Crippen LogP contribution in [0.15, 0.2) is 24.3 Å². The van der Waals surface area contributed by atoms with Gasteiger partial charge >= 0.3 is 0 Å². The minimum atomic E-state index is -0.242. The van der Waals surface area contributed by atoms with E-state index in [2.05, 4.69) is 5.32 Å². The van der Waals surface area contributed by atoms with Gasteiger partial charge in [-0.05, 0) is 24.1 Å². The predicted molar refractivity (Wildman–Crippen MR) is 78.4 cm³/mol. The Kier molecular flexibility index (Phi) is 4.65. The van der Waals surface area contributed by atoms with Gasteiger partial charge in [-0.15, -0.1) is 0 Å². The molecule has 1 aliphatic rings. The number of hydrogen-bond acceptors (Lipinski definition) is 2. The number of benzene rings is 1. The molecule has 0 bridgehead atoms. The monoisotopic (exact) mass is 294 g/mol. The van der Waals surface area contributed by atoms with Crippen LogP contribution in [-0.4, -0.2) is 30.3 Å². The van der Waals surface area contributed by atoms with Crippen LogP contribution >= 0.6 is 11.6 Å². The van der Waals surface area contributed by atoms with Crippen LogP contribution in [-0.2, 0) is 9.59 Å². The van der Waals surface area contributed by atoms with Gasteiger partial charge in [-0.1, -0.05) is 30.7 Å². The summed E-state index contributed by atoms with van der Waals surface area (Å²) in [4.78, 5) is 25.3. The Morgan fingerprint density at radius 2 is 2.10 bits per heavy atom. The normalized spacial score (nSPS) is 20.1. The van der Waals surface area contributed by atoms with Crippen molar-refractivity contribution in [2.75, 3.05) is 13.6 Å². The van der Waals surface area contributed by atoms with Crippen LogP contribution in [0.2, 0.25) is 5.02 Å². The van der Waals surface area contributed by atoms with Crippen molar-refractivity contribution < 1.29 is 9.59 Å². The first-order valence-corrected chi connectivity index (χ1v) is 7.19. The summed E-state index contributed by atoms with van der Waals surface area (Å²) in [7, 11) is 1.73. The van der Waals surface area contributed by atoms with E-state index >= 15 is 0 Å². The van der Waals surface area contributed by atoms with Crippen molar-refractivity contribution in [1.29, 1.82) is 0 Å². The third-order valence-electron chi connectivity index (χ3n) is 3.71. The molecule has 1 aromatic carbocycles. The summed E-state index contributed by atoms with van der Waals surface area (Å²) in [5, 5.41) is 3.70. The molecule has 1 heterocycles. The molecule has 2 rings (SSSR count). The molecule has 0 aromatic heterocycles. The summed E-state index contributed by atoms with van der Waals surface area (Å²) in [5.41, 5.74) is 1.03. The average molecular weight is 295 g/mol. The van der Waals surface area contributed by atoms with E-state index in [-0.39, 0.29) is 23.8 Å². The number of carbonyl (C=O) groups excluding carboxylic acids is 2. The van der Waals surface area contributed by atoms with Crippen LogP contribution in [0.5, 0.6) is 0 Å². The highest BCUT2D eigenvalue weighted by molar-refractivity contribution is 6.30. The zero-order chi connectivity index (χ0) is 14.7. The van der Waals surface area contributed by atoms with Crippen molar-refractivity contribution in [3.8, 4) is 0 Å². The van der Waals surface area contributed by atoms with E-state index in [0.717, 1.165) is 12.0 Å². The molecule has 1 N–H and O–H groups in total. The topological polar surface area (TPSA) is 49.4 Å². The minimum absolute atomic E-state index is 0.0321. The second kappa shape index (κ2) is 6.27. The summed E-state index contributed by atoms with van der Waals surface area (Å²) >= 11 is 5.87. The molecule has 0 saturated carbocycles. The van der Waals surface area contributed by atoms with Crippen molar-refractivity contribution in [1.82, 2.24) is 10.2 Å². The van der Waals surface area contributed by atoms with Gasteiger partial charge in [0.05, 0.1) is 12.0 Å². The largest absolute Gasteiger partial charge is 0.349 e. The summed E-state index contributed by atoms with van der Waals surface area (Å²) in [6.45, 7) is 2.52. The molecule has 20 heavy (non-hydrogen) atoms. The number of carbonyl (C=O) groups is 2. The Labute approximate surface area is 124 Å². The number of likely N-dealkylation sites (tertiary alicyclic amines) is 1. The van der Waals surface area contributed by atoms with E-state index in [1.807, 2.05) is 31.2 Å². The van der Waals surface area contributed by atoms with Gasteiger partial charge in [0, 0.05) is 25.0 Å². The molecule has 1 fully saturated rings. The van der Waals surface area contributed by atoms with Gasteiger partial charge in [0.25, 0.3) is 0 Å². The number of halogens is 1. The van der Waals surface area contributed by atoms with Crippen molar-refractivity contribution in [2.24, 2.45) is 5.92 Å². The number of nitrogens with one attached hydrogen (secondary N) is 1. The first kappa shape index (κ1) is 14.9. The fourth-order valence-electron chi connectivity index (χ4n) is 2.44. The lowest BCUT2D eigenvalue weighted by Crippen LogP contribution is -2.34. The predicted octanol–water partition coefficient (Wildman–Crippen LogP) is 2.39. The zero-order valence-electron chi connectivity index (χ0n) is 11.7. The summed E-state index contributed by atoms with van der Waals surface area (Å²) in [6.07, 6.45) is 1.10. The quantitative estimate of drug-likeness (QED) is 0.927.